The smallest absolute Gasteiger partial charge is 0.130 e. The summed E-state index contributed by atoms with van der Waals surface area (Å²) >= 11 is 5.92. The number of benzene rings is 1. The predicted molar refractivity (Wildman–Crippen MR) is 68.4 cm³/mol. The molecule has 0 radical (unpaired) electrons. The molecule has 0 unspecified atom stereocenters. The Morgan fingerprint density at radius 3 is 2.50 bits per heavy atom. The third kappa shape index (κ3) is 2.57. The number of hydrogen-bond acceptors (Lipinski definition) is 4. The van der Waals surface area contributed by atoms with Crippen LogP contribution in [0, 0.1) is 22.7 Å². The van der Waals surface area contributed by atoms with Crippen LogP contribution >= 0.6 is 11.6 Å². The molecule has 86 valence electrons. The van der Waals surface area contributed by atoms with Gasteiger partial charge in [0.1, 0.15) is 18.0 Å². The van der Waals surface area contributed by atoms with Crippen molar-refractivity contribution in [2.75, 3.05) is 5.32 Å². The van der Waals surface area contributed by atoms with E-state index in [0.29, 0.717) is 22.0 Å². The van der Waals surface area contributed by atoms with Crippen LogP contribution in [0.5, 0.6) is 0 Å². The minimum absolute atomic E-state index is 0.385. The van der Waals surface area contributed by atoms with E-state index in [9.17, 15) is 0 Å². The summed E-state index contributed by atoms with van der Waals surface area (Å²) in [4.78, 5) is 4.08. The molecule has 0 atom stereocenters. The van der Waals surface area contributed by atoms with Gasteiger partial charge in [-0.25, -0.2) is 4.98 Å². The molecule has 1 heterocycles. The number of nitrogens with zero attached hydrogens (tertiary/aromatic N) is 3. The summed E-state index contributed by atoms with van der Waals surface area (Å²) in [6.07, 6.45) is 1.48. The third-order valence-corrected chi connectivity index (χ3v) is 2.57. The lowest BCUT2D eigenvalue weighted by atomic mass is 10.2. The Hall–Kier alpha value is -2.56. The van der Waals surface area contributed by atoms with E-state index in [0.717, 1.165) is 5.69 Å². The van der Waals surface area contributed by atoms with Crippen LogP contribution in [0.2, 0.25) is 5.02 Å². The molecule has 0 saturated carbocycles. The van der Waals surface area contributed by atoms with Crippen molar-refractivity contribution in [1.29, 1.82) is 10.5 Å². The molecule has 2 aromatic rings. The molecule has 0 fully saturated rings. The number of aromatic nitrogens is 1. The van der Waals surface area contributed by atoms with Crippen molar-refractivity contribution in [1.82, 2.24) is 4.98 Å². The van der Waals surface area contributed by atoms with Gasteiger partial charge in [0.15, 0.2) is 0 Å². The molecule has 0 spiro atoms. The number of hydrogen-bond donors (Lipinski definition) is 1. The summed E-state index contributed by atoms with van der Waals surface area (Å²) in [5.41, 5.74) is 1.66. The van der Waals surface area contributed by atoms with Gasteiger partial charge in [0.05, 0.1) is 16.1 Å². The molecule has 0 saturated heterocycles. The number of anilines is 2. The second-order valence-corrected chi connectivity index (χ2v) is 3.88. The molecule has 2 rings (SSSR count). The lowest BCUT2D eigenvalue weighted by Gasteiger charge is -2.06. The summed E-state index contributed by atoms with van der Waals surface area (Å²) in [7, 11) is 0. The van der Waals surface area contributed by atoms with Crippen LogP contribution in [-0.4, -0.2) is 4.98 Å². The monoisotopic (exact) mass is 254 g/mol. The average Bonchev–Trinajstić information content (AvgIpc) is 2.40. The Morgan fingerprint density at radius 1 is 1.11 bits per heavy atom. The Labute approximate surface area is 109 Å². The van der Waals surface area contributed by atoms with Crippen LogP contribution < -0.4 is 5.32 Å². The topological polar surface area (TPSA) is 72.5 Å². The number of rotatable bonds is 2. The van der Waals surface area contributed by atoms with Gasteiger partial charge < -0.3 is 5.32 Å². The van der Waals surface area contributed by atoms with Gasteiger partial charge in [-0.05, 0) is 30.3 Å². The summed E-state index contributed by atoms with van der Waals surface area (Å²) < 4.78 is 0. The van der Waals surface area contributed by atoms with E-state index in [-0.39, 0.29) is 0 Å². The first-order valence-corrected chi connectivity index (χ1v) is 5.43. The first-order chi connectivity index (χ1) is 8.72. The fourth-order valence-corrected chi connectivity index (χ4v) is 1.59. The van der Waals surface area contributed by atoms with Crippen molar-refractivity contribution in [2.24, 2.45) is 0 Å². The van der Waals surface area contributed by atoms with Crippen LogP contribution in [0.25, 0.3) is 0 Å². The summed E-state index contributed by atoms with van der Waals surface area (Å²) in [6.45, 7) is 0. The highest BCUT2D eigenvalue weighted by atomic mass is 35.5. The fourth-order valence-electron chi connectivity index (χ4n) is 1.37. The van der Waals surface area contributed by atoms with Crippen LogP contribution in [0.1, 0.15) is 11.1 Å². The SMILES string of the molecule is N#Cc1ccc(Nc2ccc(C#N)c(Cl)c2)nc1. The van der Waals surface area contributed by atoms with Gasteiger partial charge in [0.2, 0.25) is 0 Å². The van der Waals surface area contributed by atoms with Crippen LogP contribution in [-0.2, 0) is 0 Å². The second kappa shape index (κ2) is 5.18. The molecule has 0 aliphatic rings. The highest BCUT2D eigenvalue weighted by Crippen LogP contribution is 2.22. The maximum Gasteiger partial charge on any atom is 0.130 e. The van der Waals surface area contributed by atoms with Crippen molar-refractivity contribution < 1.29 is 0 Å². The van der Waals surface area contributed by atoms with Gasteiger partial charge in [-0.1, -0.05) is 11.6 Å². The Balaban J connectivity index is 2.21. The van der Waals surface area contributed by atoms with E-state index in [1.807, 2.05) is 12.1 Å². The van der Waals surface area contributed by atoms with E-state index in [1.54, 1.807) is 30.3 Å². The first-order valence-electron chi connectivity index (χ1n) is 5.06. The predicted octanol–water partition coefficient (Wildman–Crippen LogP) is 3.22. The average molecular weight is 255 g/mol. The quantitative estimate of drug-likeness (QED) is 0.893. The van der Waals surface area contributed by atoms with Crippen molar-refractivity contribution in [3.05, 3.63) is 52.7 Å². The van der Waals surface area contributed by atoms with E-state index < -0.39 is 0 Å². The number of pyridine rings is 1. The fraction of sp³-hybridized carbons (Fsp3) is 0. The van der Waals surface area contributed by atoms with Crippen LogP contribution in [0.4, 0.5) is 11.5 Å². The van der Waals surface area contributed by atoms with Crippen molar-refractivity contribution in [3.8, 4) is 12.1 Å². The summed E-state index contributed by atoms with van der Waals surface area (Å²) in [5.74, 6) is 0.606. The molecule has 5 heteroatoms. The third-order valence-electron chi connectivity index (χ3n) is 2.25. The number of nitrogens with one attached hydrogen (secondary N) is 1. The zero-order valence-electron chi connectivity index (χ0n) is 9.18. The maximum absolute atomic E-state index is 8.76. The Kier molecular flexibility index (Phi) is 3.43. The molecule has 18 heavy (non-hydrogen) atoms. The van der Waals surface area contributed by atoms with Gasteiger partial charge in [0, 0.05) is 11.9 Å². The zero-order chi connectivity index (χ0) is 13.0. The Bertz CT molecular complexity index is 650. The normalized spacial score (nSPS) is 9.28. The molecule has 1 aromatic carbocycles. The minimum Gasteiger partial charge on any atom is -0.340 e. The molecule has 0 amide bonds. The molecule has 1 N–H and O–H groups in total. The van der Waals surface area contributed by atoms with Gasteiger partial charge in [0.25, 0.3) is 0 Å². The molecule has 4 nitrogen and oxygen atoms in total. The standard InChI is InChI=1S/C13H7ClN4/c14-12-5-11(3-2-10(12)7-16)18-13-4-1-9(6-15)8-17-13/h1-5,8H,(H,17,18). The highest BCUT2D eigenvalue weighted by Gasteiger charge is 2.02. The summed E-state index contributed by atoms with van der Waals surface area (Å²) in [5, 5.41) is 20.8. The Morgan fingerprint density at radius 2 is 1.94 bits per heavy atom. The lowest BCUT2D eigenvalue weighted by molar-refractivity contribution is 1.29. The minimum atomic E-state index is 0.385. The largest absolute Gasteiger partial charge is 0.340 e. The highest BCUT2D eigenvalue weighted by molar-refractivity contribution is 6.32. The molecule has 0 aliphatic heterocycles. The lowest BCUT2D eigenvalue weighted by Crippen LogP contribution is -1.94. The molecule has 0 bridgehead atoms. The molecular weight excluding hydrogens is 248 g/mol. The van der Waals surface area contributed by atoms with Gasteiger partial charge in [-0.15, -0.1) is 0 Å². The molecular formula is C13H7ClN4. The zero-order valence-corrected chi connectivity index (χ0v) is 9.94. The van der Waals surface area contributed by atoms with E-state index in [2.05, 4.69) is 10.3 Å². The van der Waals surface area contributed by atoms with E-state index in [4.69, 9.17) is 22.1 Å². The van der Waals surface area contributed by atoms with Crippen molar-refractivity contribution in [2.45, 2.75) is 0 Å². The number of nitriles is 2. The number of halogens is 1. The molecule has 0 aliphatic carbocycles. The van der Waals surface area contributed by atoms with Gasteiger partial charge in [-0.2, -0.15) is 10.5 Å². The van der Waals surface area contributed by atoms with E-state index >= 15 is 0 Å². The second-order valence-electron chi connectivity index (χ2n) is 3.48. The van der Waals surface area contributed by atoms with Crippen molar-refractivity contribution in [3.63, 3.8) is 0 Å². The van der Waals surface area contributed by atoms with Crippen LogP contribution in [0.15, 0.2) is 36.5 Å². The molecule has 1 aromatic heterocycles. The van der Waals surface area contributed by atoms with Crippen molar-refractivity contribution >= 4 is 23.1 Å². The summed E-state index contributed by atoms with van der Waals surface area (Å²) in [6, 6.07) is 12.4. The first kappa shape index (κ1) is 11.9. The van der Waals surface area contributed by atoms with Crippen LogP contribution in [0.3, 0.4) is 0 Å². The maximum atomic E-state index is 8.76. The van der Waals surface area contributed by atoms with Gasteiger partial charge in [-0.3, -0.25) is 0 Å². The van der Waals surface area contributed by atoms with E-state index in [1.165, 1.54) is 6.20 Å². The van der Waals surface area contributed by atoms with Gasteiger partial charge >= 0.3 is 0 Å².